The van der Waals surface area contributed by atoms with Gasteiger partial charge in [0.05, 0.1) is 0 Å². The summed E-state index contributed by atoms with van der Waals surface area (Å²) in [5.74, 6) is 0. The van der Waals surface area contributed by atoms with Crippen molar-refractivity contribution in [3.8, 4) is 0 Å². The van der Waals surface area contributed by atoms with E-state index >= 15 is 0 Å². The first-order valence-electron chi connectivity index (χ1n) is 7.72. The normalized spacial score (nSPS) is 12.0. The van der Waals surface area contributed by atoms with E-state index < -0.39 is 8.56 Å². The van der Waals surface area contributed by atoms with Crippen molar-refractivity contribution in [2.45, 2.75) is 52.1 Å². The highest BCUT2D eigenvalue weighted by molar-refractivity contribution is 6.67. The zero-order valence-electron chi connectivity index (χ0n) is 13.3. The first kappa shape index (κ1) is 19.1. The van der Waals surface area contributed by atoms with E-state index in [1.807, 2.05) is 0 Å². The Bertz CT molecular complexity index is 177. The number of nitrogens with one attached hydrogen (secondary N) is 1. The molecule has 0 saturated heterocycles. The van der Waals surface area contributed by atoms with Gasteiger partial charge in [-0.05, 0) is 51.9 Å². The average molecular weight is 292 g/mol. The van der Waals surface area contributed by atoms with Gasteiger partial charge in [0, 0.05) is 26.9 Å². The standard InChI is InChI=1S/C14H33NO3Si/c1-5-13-19(17-6-2,18-7-3)14-9-11-15-10-8-12-16-4/h15H,5-14H2,1-4H3. The molecule has 0 radical (unpaired) electrons. The maximum Gasteiger partial charge on any atom is 0.338 e. The van der Waals surface area contributed by atoms with Crippen molar-refractivity contribution in [2.24, 2.45) is 0 Å². The fourth-order valence-corrected chi connectivity index (χ4v) is 5.75. The maximum absolute atomic E-state index is 6.02. The molecule has 0 aromatic heterocycles. The Kier molecular flexibility index (Phi) is 13.1. The van der Waals surface area contributed by atoms with E-state index in [4.69, 9.17) is 13.6 Å². The predicted octanol–water partition coefficient (Wildman–Crippen LogP) is 2.93. The third kappa shape index (κ3) is 9.57. The zero-order chi connectivity index (χ0) is 14.4. The molecule has 0 atom stereocenters. The molecule has 0 unspecified atom stereocenters. The lowest BCUT2D eigenvalue weighted by molar-refractivity contribution is 0.181. The van der Waals surface area contributed by atoms with Crippen LogP contribution < -0.4 is 5.32 Å². The second-order valence-electron chi connectivity index (χ2n) is 4.73. The van der Waals surface area contributed by atoms with E-state index in [1.54, 1.807) is 7.11 Å². The van der Waals surface area contributed by atoms with Crippen molar-refractivity contribution in [3.05, 3.63) is 0 Å². The van der Waals surface area contributed by atoms with Gasteiger partial charge in [-0.15, -0.1) is 0 Å². The Morgan fingerprint density at radius 3 is 2.05 bits per heavy atom. The molecule has 0 heterocycles. The second-order valence-corrected chi connectivity index (χ2v) is 8.13. The van der Waals surface area contributed by atoms with E-state index in [9.17, 15) is 0 Å². The van der Waals surface area contributed by atoms with Crippen LogP contribution in [0, 0.1) is 0 Å². The smallest absolute Gasteiger partial charge is 0.338 e. The summed E-state index contributed by atoms with van der Waals surface area (Å²) >= 11 is 0. The van der Waals surface area contributed by atoms with Crippen molar-refractivity contribution >= 4 is 8.56 Å². The Morgan fingerprint density at radius 2 is 1.53 bits per heavy atom. The molecule has 116 valence electrons. The van der Waals surface area contributed by atoms with E-state index in [0.29, 0.717) is 0 Å². The van der Waals surface area contributed by atoms with Crippen LogP contribution in [-0.2, 0) is 13.6 Å². The molecular formula is C14H33NO3Si. The fraction of sp³-hybridized carbons (Fsp3) is 1.00. The van der Waals surface area contributed by atoms with Crippen LogP contribution in [0.1, 0.15) is 40.0 Å². The zero-order valence-corrected chi connectivity index (χ0v) is 14.3. The van der Waals surface area contributed by atoms with E-state index in [2.05, 4.69) is 26.1 Å². The summed E-state index contributed by atoms with van der Waals surface area (Å²) in [6, 6.07) is 2.21. The van der Waals surface area contributed by atoms with Gasteiger partial charge in [0.2, 0.25) is 0 Å². The summed E-state index contributed by atoms with van der Waals surface area (Å²) < 4.78 is 17.1. The van der Waals surface area contributed by atoms with Crippen LogP contribution in [0.4, 0.5) is 0 Å². The van der Waals surface area contributed by atoms with Crippen LogP contribution >= 0.6 is 0 Å². The lowest BCUT2D eigenvalue weighted by Crippen LogP contribution is -2.42. The summed E-state index contributed by atoms with van der Waals surface area (Å²) in [6.45, 7) is 10.8. The van der Waals surface area contributed by atoms with Crippen LogP contribution in [0.3, 0.4) is 0 Å². The first-order valence-corrected chi connectivity index (χ1v) is 9.95. The van der Waals surface area contributed by atoms with E-state index in [0.717, 1.165) is 64.3 Å². The van der Waals surface area contributed by atoms with Crippen LogP contribution in [0.15, 0.2) is 0 Å². The highest BCUT2D eigenvalue weighted by Crippen LogP contribution is 2.22. The molecule has 5 heteroatoms. The summed E-state index contributed by atoms with van der Waals surface area (Å²) in [7, 11) is -0.191. The molecule has 4 nitrogen and oxygen atoms in total. The van der Waals surface area contributed by atoms with Crippen LogP contribution in [-0.4, -0.2) is 48.6 Å². The first-order chi connectivity index (χ1) is 9.24. The van der Waals surface area contributed by atoms with Gasteiger partial charge < -0.3 is 18.9 Å². The highest BCUT2D eigenvalue weighted by Gasteiger charge is 2.35. The molecule has 0 spiro atoms. The third-order valence-corrected chi connectivity index (χ3v) is 7.07. The van der Waals surface area contributed by atoms with Gasteiger partial charge in [-0.3, -0.25) is 0 Å². The van der Waals surface area contributed by atoms with E-state index in [-0.39, 0.29) is 0 Å². The summed E-state index contributed by atoms with van der Waals surface area (Å²) in [5, 5.41) is 3.45. The third-order valence-electron chi connectivity index (χ3n) is 3.06. The highest BCUT2D eigenvalue weighted by atomic mass is 28.4. The number of hydrogen-bond donors (Lipinski definition) is 1. The minimum absolute atomic E-state index is 0.771. The van der Waals surface area contributed by atoms with Gasteiger partial charge in [-0.2, -0.15) is 0 Å². The maximum atomic E-state index is 6.02. The molecule has 0 aliphatic rings. The molecule has 19 heavy (non-hydrogen) atoms. The van der Waals surface area contributed by atoms with Gasteiger partial charge in [-0.25, -0.2) is 0 Å². The molecule has 0 aliphatic carbocycles. The van der Waals surface area contributed by atoms with Gasteiger partial charge in [0.15, 0.2) is 0 Å². The van der Waals surface area contributed by atoms with Crippen molar-refractivity contribution in [3.63, 3.8) is 0 Å². The Labute approximate surface area is 120 Å². The number of methoxy groups -OCH3 is 1. The molecule has 1 N–H and O–H groups in total. The predicted molar refractivity (Wildman–Crippen MR) is 82.9 cm³/mol. The van der Waals surface area contributed by atoms with Crippen LogP contribution in [0.5, 0.6) is 0 Å². The van der Waals surface area contributed by atoms with Gasteiger partial charge in [0.1, 0.15) is 0 Å². The Balaban J connectivity index is 3.89. The summed E-state index contributed by atoms with van der Waals surface area (Å²) in [6.07, 6.45) is 3.36. The topological polar surface area (TPSA) is 39.7 Å². The Morgan fingerprint density at radius 1 is 0.895 bits per heavy atom. The van der Waals surface area contributed by atoms with Gasteiger partial charge in [0.25, 0.3) is 0 Å². The molecular weight excluding hydrogens is 258 g/mol. The van der Waals surface area contributed by atoms with Crippen molar-refractivity contribution in [1.29, 1.82) is 0 Å². The fourth-order valence-electron chi connectivity index (χ4n) is 2.31. The molecule has 0 amide bonds. The molecule has 0 aromatic rings. The SMILES string of the molecule is CCC[Si](CCCNCCCOC)(OCC)OCC. The molecule has 0 bridgehead atoms. The largest absolute Gasteiger partial charge is 0.394 e. The van der Waals surface area contributed by atoms with Crippen LogP contribution in [0.25, 0.3) is 0 Å². The minimum atomic E-state index is -1.94. The summed E-state index contributed by atoms with van der Waals surface area (Å²) in [4.78, 5) is 0. The second kappa shape index (κ2) is 13.1. The molecule has 0 aromatic carbocycles. The molecule has 0 aliphatic heterocycles. The van der Waals surface area contributed by atoms with E-state index in [1.165, 1.54) is 0 Å². The quantitative estimate of drug-likeness (QED) is 0.394. The lowest BCUT2D eigenvalue weighted by Gasteiger charge is -2.30. The van der Waals surface area contributed by atoms with Crippen molar-refractivity contribution < 1.29 is 13.6 Å². The monoisotopic (exact) mass is 291 g/mol. The average Bonchev–Trinajstić information content (AvgIpc) is 2.39. The number of ether oxygens (including phenoxy) is 1. The number of rotatable bonds is 14. The molecule has 0 fully saturated rings. The van der Waals surface area contributed by atoms with Gasteiger partial charge >= 0.3 is 8.56 Å². The lowest BCUT2D eigenvalue weighted by atomic mass is 10.4. The molecule has 0 saturated carbocycles. The number of hydrogen-bond acceptors (Lipinski definition) is 4. The van der Waals surface area contributed by atoms with Crippen molar-refractivity contribution in [1.82, 2.24) is 5.32 Å². The van der Waals surface area contributed by atoms with Crippen LogP contribution in [0.2, 0.25) is 12.1 Å². The van der Waals surface area contributed by atoms with Gasteiger partial charge in [-0.1, -0.05) is 13.3 Å². The Hall–Kier alpha value is 0.0569. The molecule has 0 rings (SSSR count). The minimum Gasteiger partial charge on any atom is -0.394 e. The summed E-state index contributed by atoms with van der Waals surface area (Å²) in [5.41, 5.74) is 0. The van der Waals surface area contributed by atoms with Crippen molar-refractivity contribution in [2.75, 3.05) is 40.0 Å².